The largest absolute Gasteiger partial charge is 0.444 e. The van der Waals surface area contributed by atoms with Crippen molar-refractivity contribution in [3.8, 4) is 0 Å². The summed E-state index contributed by atoms with van der Waals surface area (Å²) in [5.41, 5.74) is 0.283. The highest BCUT2D eigenvalue weighted by Crippen LogP contribution is 2.27. The number of carbonyl (C=O) groups is 1. The summed E-state index contributed by atoms with van der Waals surface area (Å²) in [6, 6.07) is 5.75. The van der Waals surface area contributed by atoms with Crippen molar-refractivity contribution < 1.29 is 14.3 Å². The van der Waals surface area contributed by atoms with Crippen LogP contribution in [0.2, 0.25) is 0 Å². The van der Waals surface area contributed by atoms with Crippen molar-refractivity contribution >= 4 is 11.7 Å². The van der Waals surface area contributed by atoms with Crippen LogP contribution in [0.15, 0.2) is 24.4 Å². The Labute approximate surface area is 135 Å². The van der Waals surface area contributed by atoms with Crippen LogP contribution in [-0.4, -0.2) is 38.9 Å². The molecule has 0 saturated carbocycles. The first-order chi connectivity index (χ1) is 10.9. The van der Waals surface area contributed by atoms with Gasteiger partial charge in [0.05, 0.1) is 0 Å². The maximum Gasteiger partial charge on any atom is 0.407 e. The Morgan fingerprint density at radius 2 is 2.22 bits per heavy atom. The van der Waals surface area contributed by atoms with Crippen molar-refractivity contribution in [3.05, 3.63) is 30.2 Å². The average Bonchev–Trinajstić information content (AvgIpc) is 2.89. The number of aromatic nitrogens is 3. The van der Waals surface area contributed by atoms with Crippen molar-refractivity contribution in [1.29, 1.82) is 0 Å². The van der Waals surface area contributed by atoms with E-state index in [1.165, 1.54) is 0 Å². The molecule has 2 unspecified atom stereocenters. The Balaban J connectivity index is 1.68. The van der Waals surface area contributed by atoms with Gasteiger partial charge in [0, 0.05) is 25.3 Å². The minimum atomic E-state index is -0.502. The zero-order chi connectivity index (χ0) is 16.4. The fourth-order valence-corrected chi connectivity index (χ4v) is 2.66. The second kappa shape index (κ2) is 6.16. The summed E-state index contributed by atoms with van der Waals surface area (Å²) in [6.45, 7) is 6.11. The van der Waals surface area contributed by atoms with E-state index in [-0.39, 0.29) is 12.1 Å². The Kier molecular flexibility index (Phi) is 4.21. The Morgan fingerprint density at radius 3 is 3.00 bits per heavy atom. The van der Waals surface area contributed by atoms with Gasteiger partial charge in [0.25, 0.3) is 0 Å². The fraction of sp³-hybridized carbons (Fsp3) is 0.562. The average molecular weight is 318 g/mol. The molecule has 0 radical (unpaired) electrons. The Bertz CT molecular complexity index is 692. The number of carbonyl (C=O) groups excluding carboxylic acids is 1. The van der Waals surface area contributed by atoms with Gasteiger partial charge in [-0.3, -0.25) is 4.40 Å². The van der Waals surface area contributed by atoms with Gasteiger partial charge in [0.15, 0.2) is 11.5 Å². The molecule has 1 aliphatic rings. The Hall–Kier alpha value is -2.15. The molecule has 0 aromatic carbocycles. The van der Waals surface area contributed by atoms with Crippen LogP contribution < -0.4 is 5.32 Å². The van der Waals surface area contributed by atoms with E-state index in [0.717, 1.165) is 17.9 Å². The van der Waals surface area contributed by atoms with Crippen LogP contribution in [0.3, 0.4) is 0 Å². The molecule has 1 fully saturated rings. The van der Waals surface area contributed by atoms with Gasteiger partial charge in [0.2, 0.25) is 0 Å². The van der Waals surface area contributed by atoms with Gasteiger partial charge in [-0.2, -0.15) is 0 Å². The molecule has 0 spiro atoms. The van der Waals surface area contributed by atoms with Crippen LogP contribution >= 0.6 is 0 Å². The molecule has 0 bridgehead atoms. The number of ether oxygens (including phenoxy) is 2. The molecule has 7 heteroatoms. The second-order valence-electron chi connectivity index (χ2n) is 6.71. The maximum absolute atomic E-state index is 11.9. The number of amides is 1. The molecular weight excluding hydrogens is 296 g/mol. The van der Waals surface area contributed by atoms with Crippen LogP contribution in [0, 0.1) is 0 Å². The highest BCUT2D eigenvalue weighted by atomic mass is 16.6. The lowest BCUT2D eigenvalue weighted by Gasteiger charge is -2.30. The molecule has 3 rings (SSSR count). The summed E-state index contributed by atoms with van der Waals surface area (Å²) in [5, 5.41) is 11.3. The maximum atomic E-state index is 11.9. The standard InChI is InChI=1S/C16H22N4O3/c1-16(2,3)23-15(21)17-11-7-9-22-12(10-11)14-19-18-13-6-4-5-8-20(13)14/h4-6,8,11-12H,7,9-10H2,1-3H3,(H,17,21). The normalized spacial score (nSPS) is 22.0. The van der Waals surface area contributed by atoms with E-state index >= 15 is 0 Å². The van der Waals surface area contributed by atoms with Gasteiger partial charge in [-0.15, -0.1) is 10.2 Å². The predicted molar refractivity (Wildman–Crippen MR) is 84.1 cm³/mol. The molecule has 3 heterocycles. The zero-order valence-corrected chi connectivity index (χ0v) is 13.7. The lowest BCUT2D eigenvalue weighted by Crippen LogP contribution is -2.42. The highest BCUT2D eigenvalue weighted by Gasteiger charge is 2.29. The van der Waals surface area contributed by atoms with Gasteiger partial charge in [0.1, 0.15) is 11.7 Å². The van der Waals surface area contributed by atoms with Crippen molar-refractivity contribution in [2.24, 2.45) is 0 Å². The van der Waals surface area contributed by atoms with Gasteiger partial charge < -0.3 is 14.8 Å². The second-order valence-corrected chi connectivity index (χ2v) is 6.71. The molecule has 1 amide bonds. The number of rotatable bonds is 2. The number of pyridine rings is 1. The number of alkyl carbamates (subject to hydrolysis) is 1. The molecule has 23 heavy (non-hydrogen) atoms. The monoisotopic (exact) mass is 318 g/mol. The molecule has 124 valence electrons. The summed E-state index contributed by atoms with van der Waals surface area (Å²) in [6.07, 6.45) is 2.73. The van der Waals surface area contributed by atoms with E-state index in [4.69, 9.17) is 9.47 Å². The zero-order valence-electron chi connectivity index (χ0n) is 13.7. The van der Waals surface area contributed by atoms with Crippen molar-refractivity contribution in [2.75, 3.05) is 6.61 Å². The van der Waals surface area contributed by atoms with Crippen molar-refractivity contribution in [1.82, 2.24) is 19.9 Å². The first kappa shape index (κ1) is 15.7. The first-order valence-corrected chi connectivity index (χ1v) is 7.83. The quantitative estimate of drug-likeness (QED) is 0.920. The number of nitrogens with zero attached hydrogens (tertiary/aromatic N) is 3. The molecule has 7 nitrogen and oxygen atoms in total. The lowest BCUT2D eigenvalue weighted by atomic mass is 10.0. The third-order valence-electron chi connectivity index (χ3n) is 3.63. The molecule has 1 saturated heterocycles. The van der Waals surface area contributed by atoms with E-state index < -0.39 is 11.7 Å². The van der Waals surface area contributed by atoms with E-state index in [0.29, 0.717) is 13.0 Å². The molecule has 2 atom stereocenters. The van der Waals surface area contributed by atoms with Crippen LogP contribution in [0.4, 0.5) is 4.79 Å². The highest BCUT2D eigenvalue weighted by molar-refractivity contribution is 5.68. The molecule has 0 aliphatic carbocycles. The minimum Gasteiger partial charge on any atom is -0.444 e. The summed E-state index contributed by atoms with van der Waals surface area (Å²) >= 11 is 0. The molecular formula is C16H22N4O3. The van der Waals surface area contributed by atoms with Crippen molar-refractivity contribution in [3.63, 3.8) is 0 Å². The molecule has 1 aliphatic heterocycles. The molecule has 1 N–H and O–H groups in total. The van der Waals surface area contributed by atoms with Crippen LogP contribution in [0.5, 0.6) is 0 Å². The summed E-state index contributed by atoms with van der Waals surface area (Å²) in [7, 11) is 0. The van der Waals surface area contributed by atoms with Gasteiger partial charge in [-0.1, -0.05) is 6.07 Å². The van der Waals surface area contributed by atoms with Crippen molar-refractivity contribution in [2.45, 2.75) is 51.4 Å². The number of fused-ring (bicyclic) bond motifs is 1. The van der Waals surface area contributed by atoms with E-state index in [1.54, 1.807) is 0 Å². The molecule has 2 aromatic heterocycles. The number of hydrogen-bond donors (Lipinski definition) is 1. The van der Waals surface area contributed by atoms with Gasteiger partial charge >= 0.3 is 6.09 Å². The van der Waals surface area contributed by atoms with Gasteiger partial charge in [-0.05, 0) is 39.3 Å². The third-order valence-corrected chi connectivity index (χ3v) is 3.63. The predicted octanol–water partition coefficient (Wildman–Crippen LogP) is 2.47. The Morgan fingerprint density at radius 1 is 1.39 bits per heavy atom. The summed E-state index contributed by atoms with van der Waals surface area (Å²) < 4.78 is 13.1. The number of nitrogens with one attached hydrogen (secondary N) is 1. The van der Waals surface area contributed by atoms with Crippen LogP contribution in [-0.2, 0) is 9.47 Å². The summed E-state index contributed by atoms with van der Waals surface area (Å²) in [4.78, 5) is 11.9. The van der Waals surface area contributed by atoms with E-state index in [1.807, 2.05) is 49.6 Å². The van der Waals surface area contributed by atoms with E-state index in [2.05, 4.69) is 15.5 Å². The molecule has 2 aromatic rings. The van der Waals surface area contributed by atoms with Crippen LogP contribution in [0.1, 0.15) is 45.5 Å². The van der Waals surface area contributed by atoms with E-state index in [9.17, 15) is 4.79 Å². The SMILES string of the molecule is CC(C)(C)OC(=O)NC1CCOC(c2nnc3ccccn23)C1. The topological polar surface area (TPSA) is 77.8 Å². The van der Waals surface area contributed by atoms with Gasteiger partial charge in [-0.25, -0.2) is 4.79 Å². The lowest BCUT2D eigenvalue weighted by molar-refractivity contribution is -0.00911. The fourth-order valence-electron chi connectivity index (χ4n) is 2.66. The minimum absolute atomic E-state index is 0.000313. The first-order valence-electron chi connectivity index (χ1n) is 7.83. The van der Waals surface area contributed by atoms with Crippen LogP contribution in [0.25, 0.3) is 5.65 Å². The smallest absolute Gasteiger partial charge is 0.407 e. The third kappa shape index (κ3) is 3.79. The summed E-state index contributed by atoms with van der Waals surface area (Å²) in [5.74, 6) is 0.760. The number of hydrogen-bond acceptors (Lipinski definition) is 5.